The second kappa shape index (κ2) is 23.7. The number of hydrogen-bond acceptors (Lipinski definition) is 30. The Hall–Kier alpha value is -2.67. The second-order valence-corrected chi connectivity index (χ2v) is 18.1. The third-order valence-electron chi connectivity index (χ3n) is 13.3. The molecule has 22 aliphatic heterocycles. The highest BCUT2D eigenvalue weighted by atomic mass is 16.8. The minimum atomic E-state index is -2.36. The van der Waals surface area contributed by atoms with Crippen molar-refractivity contribution in [2.75, 3.05) is 19.8 Å². The summed E-state index contributed by atoms with van der Waals surface area (Å²) in [6.45, 7) is -3.22. The number of aliphatic hydroxyl groups excluding tert-OH is 15. The molecule has 414 valence electrons. The first-order chi connectivity index (χ1) is 34.0. The number of hydrogen-bond donors (Lipinski definition) is 18. The van der Waals surface area contributed by atoms with Gasteiger partial charge in [-0.3, -0.25) is 14.4 Å². The third kappa shape index (κ3) is 11.7. The van der Waals surface area contributed by atoms with Gasteiger partial charge in [0.25, 0.3) is 0 Å². The molecule has 22 heterocycles. The van der Waals surface area contributed by atoms with Gasteiger partial charge in [0.05, 0.1) is 39.1 Å². The van der Waals surface area contributed by atoms with E-state index in [9.17, 15) is 106 Å². The van der Waals surface area contributed by atoms with Crippen LogP contribution in [0.5, 0.6) is 0 Å². The van der Waals surface area contributed by atoms with Crippen LogP contribution < -0.4 is 0 Å². The number of rotatable bonds is 9. The summed E-state index contributed by atoms with van der Waals surface area (Å²) < 4.78 is 67.8. The topological polar surface area (TPSA) is 526 Å². The van der Waals surface area contributed by atoms with E-state index in [0.29, 0.717) is 0 Å². The fourth-order valence-electron chi connectivity index (χ4n) is 9.50. The molecule has 22 aliphatic rings. The summed E-state index contributed by atoms with van der Waals surface area (Å²) in [6, 6.07) is 0. The Labute approximate surface area is 404 Å². The van der Waals surface area contributed by atoms with Gasteiger partial charge in [0, 0.05) is 0 Å². The molecule has 0 aromatic rings. The lowest BCUT2D eigenvalue weighted by Crippen LogP contribution is -2.68. The number of aliphatic hydroxyl groups is 15. The molecule has 22 rings (SSSR count). The molecule has 72 heavy (non-hydrogen) atoms. The van der Waals surface area contributed by atoms with Crippen LogP contribution in [0.4, 0.5) is 0 Å². The molecule has 0 saturated carbocycles. The van der Waals surface area contributed by atoms with E-state index in [2.05, 4.69) is 0 Å². The van der Waals surface area contributed by atoms with Gasteiger partial charge in [-0.2, -0.15) is 0 Å². The Morgan fingerprint density at radius 2 is 0.403 bits per heavy atom. The zero-order valence-corrected chi connectivity index (χ0v) is 37.2. The Kier molecular flexibility index (Phi) is 18.8. The summed E-state index contributed by atoms with van der Waals surface area (Å²) in [6.07, 6.45) is -66.6. The maximum atomic E-state index is 12.1. The predicted octanol–water partition coefficient (Wildman–Crippen LogP) is -11.6. The Balaban J connectivity index is 1.24. The lowest BCUT2D eigenvalue weighted by molar-refractivity contribution is -0.402. The van der Waals surface area contributed by atoms with E-state index in [1.807, 2.05) is 0 Å². The molecule has 0 unspecified atom stereocenters. The highest BCUT2D eigenvalue weighted by Gasteiger charge is 2.59. The van der Waals surface area contributed by atoms with Crippen LogP contribution in [-0.4, -0.2) is 314 Å². The molecule has 0 aromatic heterocycles. The fourth-order valence-corrected chi connectivity index (χ4v) is 9.50. The number of carbonyl (C=O) groups is 3. The van der Waals surface area contributed by atoms with Crippen LogP contribution >= 0.6 is 0 Å². The van der Waals surface area contributed by atoms with E-state index in [-0.39, 0.29) is 0 Å². The zero-order valence-electron chi connectivity index (χ0n) is 37.2. The third-order valence-corrected chi connectivity index (χ3v) is 13.3. The van der Waals surface area contributed by atoms with Crippen LogP contribution in [0.25, 0.3) is 0 Å². The first-order valence-corrected chi connectivity index (χ1v) is 22.5. The van der Waals surface area contributed by atoms with E-state index in [1.54, 1.807) is 0 Å². The minimum Gasteiger partial charge on any atom is -0.481 e. The molecule has 22 fully saturated rings. The molecule has 33 heteroatoms. The number of ether oxygens (including phenoxy) is 12. The van der Waals surface area contributed by atoms with Crippen molar-refractivity contribution in [2.45, 2.75) is 203 Å². The number of carboxylic acids is 3. The fraction of sp³-hybridized carbons (Fsp3) is 0.923. The Bertz CT molecular complexity index is 1800. The second-order valence-electron chi connectivity index (χ2n) is 18.1. The molecular formula is C39H60O33. The zero-order chi connectivity index (χ0) is 52.8. The van der Waals surface area contributed by atoms with E-state index in [0.717, 1.165) is 0 Å². The smallest absolute Gasteiger partial charge is 0.306 e. The van der Waals surface area contributed by atoms with Crippen LogP contribution in [-0.2, 0) is 71.2 Å². The van der Waals surface area contributed by atoms with E-state index < -0.39 is 241 Å². The summed E-state index contributed by atoms with van der Waals surface area (Å²) in [7, 11) is 0. The van der Waals surface area contributed by atoms with Crippen LogP contribution in [0.1, 0.15) is 19.3 Å². The molecule has 30 atom stereocenters. The Morgan fingerprint density at radius 3 is 0.556 bits per heavy atom. The number of aliphatic carboxylic acids is 3. The van der Waals surface area contributed by atoms with Crippen molar-refractivity contribution < 1.29 is 163 Å². The predicted molar refractivity (Wildman–Crippen MR) is 211 cm³/mol. The molecule has 33 nitrogen and oxygen atoms in total. The lowest BCUT2D eigenvalue weighted by atomic mass is 9.93. The quantitative estimate of drug-likeness (QED) is 0.102. The van der Waals surface area contributed by atoms with Crippen LogP contribution in [0.3, 0.4) is 0 Å². The van der Waals surface area contributed by atoms with Gasteiger partial charge in [0.1, 0.15) is 146 Å². The normalized spacial score (nSPS) is 51.5. The van der Waals surface area contributed by atoms with Gasteiger partial charge in [-0.25, -0.2) is 0 Å². The maximum absolute atomic E-state index is 12.1. The Morgan fingerprint density at radius 1 is 0.250 bits per heavy atom. The molecule has 18 N–H and O–H groups in total. The number of carboxylic acid groups (broad SMARTS) is 3. The van der Waals surface area contributed by atoms with Crippen molar-refractivity contribution >= 4 is 17.9 Å². The van der Waals surface area contributed by atoms with E-state index in [1.165, 1.54) is 0 Å². The first kappa shape index (κ1) is 57.0. The minimum absolute atomic E-state index is 1.06. The highest BCUT2D eigenvalue weighted by molar-refractivity contribution is 5.68. The van der Waals surface area contributed by atoms with Gasteiger partial charge in [-0.1, -0.05) is 0 Å². The van der Waals surface area contributed by atoms with Crippen molar-refractivity contribution in [1.82, 2.24) is 0 Å². The van der Waals surface area contributed by atoms with Gasteiger partial charge in [0.15, 0.2) is 37.7 Å². The average Bonchev–Trinajstić information content (AvgIpc) is 3.32. The van der Waals surface area contributed by atoms with Crippen LogP contribution in [0.15, 0.2) is 0 Å². The molecule has 0 spiro atoms. The van der Waals surface area contributed by atoms with Gasteiger partial charge < -0.3 is 149 Å². The maximum Gasteiger partial charge on any atom is 0.306 e. The lowest BCUT2D eigenvalue weighted by Gasteiger charge is -2.50. The summed E-state index contributed by atoms with van der Waals surface area (Å²) in [4.78, 5) is 36.2. The van der Waals surface area contributed by atoms with Gasteiger partial charge in [-0.05, 0) is 0 Å². The van der Waals surface area contributed by atoms with E-state index in [4.69, 9.17) is 56.8 Å². The van der Waals surface area contributed by atoms with Crippen LogP contribution in [0.2, 0.25) is 0 Å². The largest absolute Gasteiger partial charge is 0.481 e. The molecule has 0 amide bonds. The average molecular weight is 1060 g/mol. The van der Waals surface area contributed by atoms with E-state index >= 15 is 0 Å². The standard InChI is InChI=1S/C39H60O33/c40-4-10-31-20(53)26(59)38(65-10)72-33-12(6-42)66-39(27(60)21(33)54)71-32-11(5-41)64-37(25(58)19(32)52)69-30-9(3-15(47)48)62-35(23(56)17(30)50)67-28-7(1-13(43)44)61-34(22(55)16(28)49)68-29-8(2-14(45)46)63-36(70-31)24(57)18(29)51/h7-12,16-42,49-60H,1-6H2,(H,43,44)(H,45,46)(H,47,48)/t7-,8-,9-,10-,11-,12-,16-,17-,18-,19-,20-,21-,22-,23-,24-,25-,26-,27-,28-,29-,30-,31-,32-,33-,34-,35-,36-,37-,38-,39-/m1/s1. The molecule has 0 aliphatic carbocycles. The van der Waals surface area contributed by atoms with Gasteiger partial charge in [0.2, 0.25) is 0 Å². The van der Waals surface area contributed by atoms with Crippen molar-refractivity contribution in [3.8, 4) is 0 Å². The first-order valence-electron chi connectivity index (χ1n) is 22.5. The molecule has 12 bridgehead atoms. The molecule has 0 radical (unpaired) electrons. The molecule has 0 aromatic carbocycles. The summed E-state index contributed by atoms with van der Waals surface area (Å²) >= 11 is 0. The highest BCUT2D eigenvalue weighted by Crippen LogP contribution is 2.39. The van der Waals surface area contributed by atoms with Gasteiger partial charge in [-0.15, -0.1) is 0 Å². The van der Waals surface area contributed by atoms with Crippen molar-refractivity contribution in [1.29, 1.82) is 0 Å². The van der Waals surface area contributed by atoms with Gasteiger partial charge >= 0.3 is 17.9 Å². The SMILES string of the molecule is O=C(O)C[C@H]1O[C@@H]2O[C@H]3[C@H](O)[C@@H](O)[C@@H](O[C@H]4[C@H](O)[C@@H](O)[C@@H](O[C@H]5[C@H](O)[C@@H](O)[C@@H](O[C@H]6[C@H](O)[C@@H](O)[C@@H](O[C@H]7[C@H](O)[C@@H](O)[C@@H](O[C@H]1[C@H](O)[C@H]2O)O[C@@H]7CO)O[C@@H]6CO)O[C@@H]5CO)O[C@@H]4CC(=O)O)O[C@@H]3CC(=O)O. The monoisotopic (exact) mass is 1060 g/mol. The van der Waals surface area contributed by atoms with Crippen molar-refractivity contribution in [3.05, 3.63) is 0 Å². The van der Waals surface area contributed by atoms with Crippen LogP contribution in [0, 0.1) is 0 Å². The summed E-state index contributed by atoms with van der Waals surface area (Å²) in [5, 5.41) is 196. The summed E-state index contributed by atoms with van der Waals surface area (Å²) in [5.41, 5.74) is 0. The summed E-state index contributed by atoms with van der Waals surface area (Å²) in [5.74, 6) is -4.93. The van der Waals surface area contributed by atoms with Crippen molar-refractivity contribution in [3.63, 3.8) is 0 Å². The molecular weight excluding hydrogens is 996 g/mol. The molecule has 22 saturated heterocycles. The van der Waals surface area contributed by atoms with Crippen molar-refractivity contribution in [2.24, 2.45) is 0 Å².